The van der Waals surface area contributed by atoms with Gasteiger partial charge in [-0.1, -0.05) is 12.1 Å². The summed E-state index contributed by atoms with van der Waals surface area (Å²) in [6.45, 7) is 2.06. The standard InChI is InChI=1S/C20H16F2N4O/c1-11-10-24-20-18(27)9-17(12-2-5-14(23)6-3-12)25-26(20)19(11)15-7-4-13(21)8-16(15)22/h2-9,25H,10,23H2,1H3. The Morgan fingerprint density at radius 3 is 2.59 bits per heavy atom. The Kier molecular flexibility index (Phi) is 3.99. The summed E-state index contributed by atoms with van der Waals surface area (Å²) >= 11 is 0. The normalized spacial score (nSPS) is 16.6. The molecule has 2 aliphatic heterocycles. The number of rotatable bonds is 2. The van der Waals surface area contributed by atoms with Gasteiger partial charge in [-0.05, 0) is 42.3 Å². The monoisotopic (exact) mass is 366 g/mol. The molecule has 0 saturated carbocycles. The van der Waals surface area contributed by atoms with Crippen LogP contribution >= 0.6 is 0 Å². The molecule has 0 radical (unpaired) electrons. The summed E-state index contributed by atoms with van der Waals surface area (Å²) in [6, 6.07) is 10.4. The molecule has 2 aromatic carbocycles. The third kappa shape index (κ3) is 2.97. The molecule has 7 heteroatoms. The Hall–Kier alpha value is -3.48. The second-order valence-electron chi connectivity index (χ2n) is 6.38. The van der Waals surface area contributed by atoms with Crippen LogP contribution in [-0.2, 0) is 4.79 Å². The fraction of sp³-hybridized carbons (Fsp3) is 0.100. The van der Waals surface area contributed by atoms with E-state index in [9.17, 15) is 13.6 Å². The van der Waals surface area contributed by atoms with Crippen molar-refractivity contribution in [1.82, 2.24) is 10.4 Å². The van der Waals surface area contributed by atoms with E-state index < -0.39 is 11.6 Å². The van der Waals surface area contributed by atoms with Gasteiger partial charge < -0.3 is 5.73 Å². The molecule has 27 heavy (non-hydrogen) atoms. The number of nitrogens with one attached hydrogen (secondary N) is 1. The van der Waals surface area contributed by atoms with E-state index in [-0.39, 0.29) is 23.7 Å². The number of nitrogens with two attached hydrogens (primary N) is 1. The fourth-order valence-electron chi connectivity index (χ4n) is 3.12. The molecule has 4 rings (SSSR count). The smallest absolute Gasteiger partial charge is 0.224 e. The van der Waals surface area contributed by atoms with Crippen LogP contribution in [0, 0.1) is 11.6 Å². The molecule has 0 atom stereocenters. The van der Waals surface area contributed by atoms with Crippen molar-refractivity contribution < 1.29 is 13.6 Å². The Balaban J connectivity index is 1.79. The van der Waals surface area contributed by atoms with Gasteiger partial charge in [0.25, 0.3) is 0 Å². The molecular formula is C20H16F2N4O. The first-order valence-electron chi connectivity index (χ1n) is 8.32. The van der Waals surface area contributed by atoms with E-state index in [0.717, 1.165) is 17.2 Å². The van der Waals surface area contributed by atoms with Crippen molar-refractivity contribution in [2.45, 2.75) is 6.92 Å². The van der Waals surface area contributed by atoms with Gasteiger partial charge in [-0.15, -0.1) is 0 Å². The van der Waals surface area contributed by atoms with Crippen molar-refractivity contribution in [2.75, 3.05) is 12.3 Å². The van der Waals surface area contributed by atoms with Crippen LogP contribution in [0.2, 0.25) is 0 Å². The lowest BCUT2D eigenvalue weighted by Gasteiger charge is -2.36. The summed E-state index contributed by atoms with van der Waals surface area (Å²) in [5.41, 5.74) is 12.1. The second-order valence-corrected chi connectivity index (χ2v) is 6.38. The number of nitrogens with zero attached hydrogens (tertiary/aromatic N) is 2. The summed E-state index contributed by atoms with van der Waals surface area (Å²) in [6.07, 6.45) is 1.44. The van der Waals surface area contributed by atoms with Crippen LogP contribution < -0.4 is 11.2 Å². The molecule has 0 aromatic heterocycles. The molecule has 0 aliphatic carbocycles. The Morgan fingerprint density at radius 2 is 1.89 bits per heavy atom. The first-order valence-corrected chi connectivity index (χ1v) is 8.32. The number of hydrogen-bond acceptors (Lipinski definition) is 5. The number of hydrogen-bond donors (Lipinski definition) is 2. The molecule has 0 amide bonds. The average molecular weight is 366 g/mol. The quantitative estimate of drug-likeness (QED) is 0.802. The number of amidine groups is 1. The third-order valence-electron chi connectivity index (χ3n) is 4.44. The summed E-state index contributed by atoms with van der Waals surface area (Å²) in [4.78, 5) is 16.9. The van der Waals surface area contributed by atoms with Crippen molar-refractivity contribution in [3.05, 3.63) is 76.9 Å². The van der Waals surface area contributed by atoms with Crippen LogP contribution in [0.3, 0.4) is 0 Å². The van der Waals surface area contributed by atoms with Gasteiger partial charge >= 0.3 is 0 Å². The lowest BCUT2D eigenvalue weighted by molar-refractivity contribution is -0.109. The number of carbonyl (C=O) groups excluding carboxylic acids is 1. The van der Waals surface area contributed by atoms with E-state index in [4.69, 9.17) is 5.73 Å². The number of benzene rings is 2. The fourth-order valence-corrected chi connectivity index (χ4v) is 3.12. The zero-order chi connectivity index (χ0) is 19.1. The molecular weight excluding hydrogens is 350 g/mol. The highest BCUT2D eigenvalue weighted by molar-refractivity contribution is 6.46. The van der Waals surface area contributed by atoms with Crippen molar-refractivity contribution >= 4 is 28.7 Å². The maximum Gasteiger partial charge on any atom is 0.224 e. The first-order chi connectivity index (χ1) is 12.9. The number of nitrogen functional groups attached to an aromatic ring is 1. The summed E-state index contributed by atoms with van der Waals surface area (Å²) in [5.74, 6) is -1.50. The van der Waals surface area contributed by atoms with E-state index in [1.807, 2.05) is 0 Å². The molecule has 0 spiro atoms. The van der Waals surface area contributed by atoms with E-state index in [1.54, 1.807) is 31.2 Å². The summed E-state index contributed by atoms with van der Waals surface area (Å²) in [5, 5.41) is 1.46. The van der Waals surface area contributed by atoms with Crippen molar-refractivity contribution in [2.24, 2.45) is 4.99 Å². The molecule has 3 N–H and O–H groups in total. The molecule has 5 nitrogen and oxygen atoms in total. The van der Waals surface area contributed by atoms with E-state index in [1.165, 1.54) is 23.2 Å². The largest absolute Gasteiger partial charge is 0.399 e. The van der Waals surface area contributed by atoms with Crippen LogP contribution in [-0.4, -0.2) is 23.2 Å². The number of hydrazine groups is 1. The zero-order valence-electron chi connectivity index (χ0n) is 14.5. The average Bonchev–Trinajstić information content (AvgIpc) is 2.63. The maximum absolute atomic E-state index is 14.4. The van der Waals surface area contributed by atoms with Gasteiger partial charge in [0.05, 0.1) is 17.9 Å². The summed E-state index contributed by atoms with van der Waals surface area (Å²) < 4.78 is 27.8. The molecule has 0 bridgehead atoms. The van der Waals surface area contributed by atoms with Crippen LogP contribution in [0.25, 0.3) is 11.4 Å². The molecule has 0 fully saturated rings. The van der Waals surface area contributed by atoms with Crippen LogP contribution in [0.15, 0.2) is 59.1 Å². The van der Waals surface area contributed by atoms with Gasteiger partial charge in [0.1, 0.15) is 11.6 Å². The Morgan fingerprint density at radius 1 is 1.15 bits per heavy atom. The SMILES string of the molecule is CC1=C(c2ccc(F)cc2F)N2NC(c3ccc(N)cc3)=CC(=O)C2=NC1. The molecule has 2 aromatic rings. The number of halogens is 2. The highest BCUT2D eigenvalue weighted by Gasteiger charge is 2.33. The number of anilines is 1. The molecule has 0 saturated heterocycles. The predicted octanol–water partition coefficient (Wildman–Crippen LogP) is 3.12. The Labute approximate surface area is 154 Å². The molecule has 136 valence electrons. The topological polar surface area (TPSA) is 70.7 Å². The molecule has 2 aliphatic rings. The number of fused-ring (bicyclic) bond motifs is 1. The third-order valence-corrected chi connectivity index (χ3v) is 4.44. The lowest BCUT2D eigenvalue weighted by Crippen LogP contribution is -2.49. The minimum absolute atomic E-state index is 0.165. The predicted molar refractivity (Wildman–Crippen MR) is 100 cm³/mol. The van der Waals surface area contributed by atoms with Crippen LogP contribution in [0.4, 0.5) is 14.5 Å². The first kappa shape index (κ1) is 17.0. The zero-order valence-corrected chi connectivity index (χ0v) is 14.5. The summed E-state index contributed by atoms with van der Waals surface area (Å²) in [7, 11) is 0. The highest BCUT2D eigenvalue weighted by atomic mass is 19.1. The number of ketones is 1. The van der Waals surface area contributed by atoms with E-state index in [2.05, 4.69) is 10.4 Å². The van der Waals surface area contributed by atoms with E-state index in [0.29, 0.717) is 17.1 Å². The maximum atomic E-state index is 14.4. The second kappa shape index (κ2) is 6.35. The number of carbonyl (C=O) groups is 1. The lowest BCUT2D eigenvalue weighted by atomic mass is 10.0. The molecule has 0 unspecified atom stereocenters. The molecule has 2 heterocycles. The van der Waals surface area contributed by atoms with Crippen LogP contribution in [0.5, 0.6) is 0 Å². The van der Waals surface area contributed by atoms with Gasteiger partial charge in [0.15, 0.2) is 5.84 Å². The van der Waals surface area contributed by atoms with Crippen molar-refractivity contribution in [3.8, 4) is 0 Å². The number of aliphatic imine (C=N–C) groups is 1. The van der Waals surface area contributed by atoms with Crippen molar-refractivity contribution in [1.29, 1.82) is 0 Å². The van der Waals surface area contributed by atoms with Gasteiger partial charge in [0, 0.05) is 23.4 Å². The van der Waals surface area contributed by atoms with Crippen molar-refractivity contribution in [3.63, 3.8) is 0 Å². The Bertz CT molecular complexity index is 1040. The van der Waals surface area contributed by atoms with Gasteiger partial charge in [-0.3, -0.25) is 15.2 Å². The highest BCUT2D eigenvalue weighted by Crippen LogP contribution is 2.31. The van der Waals surface area contributed by atoms with E-state index >= 15 is 0 Å². The van der Waals surface area contributed by atoms with Crippen LogP contribution in [0.1, 0.15) is 18.1 Å². The minimum atomic E-state index is -0.705. The van der Waals surface area contributed by atoms with Gasteiger partial charge in [-0.25, -0.2) is 13.8 Å². The van der Waals surface area contributed by atoms with Gasteiger partial charge in [-0.2, -0.15) is 0 Å². The van der Waals surface area contributed by atoms with Gasteiger partial charge in [0.2, 0.25) is 5.78 Å². The minimum Gasteiger partial charge on any atom is -0.399 e.